The van der Waals surface area contributed by atoms with Gasteiger partial charge in [0.05, 0.1) is 22.5 Å². The van der Waals surface area contributed by atoms with Crippen LogP contribution < -0.4 is 5.32 Å². The number of anilines is 1. The van der Waals surface area contributed by atoms with Gasteiger partial charge in [0.1, 0.15) is 0 Å². The van der Waals surface area contributed by atoms with Gasteiger partial charge in [0.2, 0.25) is 11.8 Å². The second-order valence-corrected chi connectivity index (χ2v) is 11.0. The predicted octanol–water partition coefficient (Wildman–Crippen LogP) is 5.27. The summed E-state index contributed by atoms with van der Waals surface area (Å²) in [5.74, 6) is -2.05. The molecule has 0 aromatic heterocycles. The molecule has 1 N–H and O–H groups in total. The standard InChI is InChI=1S/C32H29ClN2O5/c33-23-14-7-8-15-24(23)34-25(36)18-40-26(37)16-2-1-9-17-35-31(38)29-27-19-10-3-4-11-20(19)28(30(29)32(35)39)22-13-6-5-12-21(22)27/h3-8,10-15,27-30H,1-2,9,16-18H2,(H,34,36)/t27?,28?,29-,30-/m1/s1. The van der Waals surface area contributed by atoms with Gasteiger partial charge in [-0.25, -0.2) is 0 Å². The number of nitrogens with one attached hydrogen (secondary N) is 1. The van der Waals surface area contributed by atoms with E-state index in [1.165, 1.54) is 4.90 Å². The van der Waals surface area contributed by atoms with Gasteiger partial charge in [-0.05, 0) is 47.2 Å². The Morgan fingerprint density at radius 2 is 1.27 bits per heavy atom. The summed E-state index contributed by atoms with van der Waals surface area (Å²) in [6, 6.07) is 23.2. The zero-order chi connectivity index (χ0) is 27.8. The zero-order valence-electron chi connectivity index (χ0n) is 21.8. The number of carbonyl (C=O) groups is 4. The third-order valence-electron chi connectivity index (χ3n) is 8.31. The number of carbonyl (C=O) groups excluding carboxylic acids is 4. The number of unbranched alkanes of at least 4 members (excludes halogenated alkanes) is 2. The van der Waals surface area contributed by atoms with E-state index in [4.69, 9.17) is 16.3 Å². The summed E-state index contributed by atoms with van der Waals surface area (Å²) >= 11 is 6.02. The average molecular weight is 557 g/mol. The highest BCUT2D eigenvalue weighted by Crippen LogP contribution is 2.60. The van der Waals surface area contributed by atoms with Crippen molar-refractivity contribution in [3.05, 3.63) is 100 Å². The number of benzene rings is 3. The quantitative estimate of drug-likeness (QED) is 0.220. The first-order chi connectivity index (χ1) is 19.5. The van der Waals surface area contributed by atoms with Crippen LogP contribution in [0.2, 0.25) is 5.02 Å². The maximum absolute atomic E-state index is 13.6. The van der Waals surface area contributed by atoms with Crippen molar-refractivity contribution in [2.24, 2.45) is 11.8 Å². The van der Waals surface area contributed by atoms with Crippen LogP contribution in [0.15, 0.2) is 72.8 Å². The Hall–Kier alpha value is -3.97. The summed E-state index contributed by atoms with van der Waals surface area (Å²) in [6.45, 7) is -0.0528. The molecule has 2 atom stereocenters. The number of para-hydroxylation sites is 1. The summed E-state index contributed by atoms with van der Waals surface area (Å²) in [5.41, 5.74) is 5.10. The molecule has 0 spiro atoms. The fourth-order valence-electron chi connectivity index (χ4n) is 6.64. The lowest BCUT2D eigenvalue weighted by Gasteiger charge is -2.45. The molecule has 0 radical (unpaired) electrons. The molecule has 1 aliphatic heterocycles. The van der Waals surface area contributed by atoms with E-state index in [9.17, 15) is 19.2 Å². The van der Waals surface area contributed by atoms with Gasteiger partial charge in [0, 0.05) is 24.8 Å². The molecule has 1 heterocycles. The molecule has 3 amide bonds. The number of ether oxygens (including phenoxy) is 1. The van der Waals surface area contributed by atoms with Gasteiger partial charge >= 0.3 is 5.97 Å². The molecule has 1 saturated heterocycles. The van der Waals surface area contributed by atoms with E-state index in [2.05, 4.69) is 29.6 Å². The number of amides is 3. The lowest BCUT2D eigenvalue weighted by Crippen LogP contribution is -2.41. The molecule has 3 aromatic carbocycles. The van der Waals surface area contributed by atoms with Crippen molar-refractivity contribution in [1.29, 1.82) is 0 Å². The van der Waals surface area contributed by atoms with Gasteiger partial charge in [0.15, 0.2) is 6.61 Å². The molecule has 3 aliphatic carbocycles. The number of rotatable bonds is 9. The minimum absolute atomic E-state index is 0.0852. The Bertz CT molecular complexity index is 1390. The Labute approximate surface area is 237 Å². The molecule has 0 unspecified atom stereocenters. The molecule has 7 rings (SSSR count). The first-order valence-electron chi connectivity index (χ1n) is 13.7. The van der Waals surface area contributed by atoms with Crippen molar-refractivity contribution >= 4 is 41.0 Å². The fourth-order valence-corrected chi connectivity index (χ4v) is 6.83. The summed E-state index contributed by atoms with van der Waals surface area (Å²) in [6.07, 6.45) is 1.95. The second kappa shape index (κ2) is 10.9. The highest BCUT2D eigenvalue weighted by Gasteiger charge is 2.61. The molecule has 2 bridgehead atoms. The van der Waals surface area contributed by atoms with Gasteiger partial charge in [-0.15, -0.1) is 0 Å². The molecule has 40 heavy (non-hydrogen) atoms. The van der Waals surface area contributed by atoms with Crippen LogP contribution in [0.25, 0.3) is 0 Å². The zero-order valence-corrected chi connectivity index (χ0v) is 22.6. The molecule has 8 heteroatoms. The van der Waals surface area contributed by atoms with Crippen molar-refractivity contribution in [3.63, 3.8) is 0 Å². The first-order valence-corrected chi connectivity index (χ1v) is 14.1. The lowest BCUT2D eigenvalue weighted by atomic mass is 9.55. The highest BCUT2D eigenvalue weighted by atomic mass is 35.5. The van der Waals surface area contributed by atoms with Crippen molar-refractivity contribution in [2.75, 3.05) is 18.5 Å². The van der Waals surface area contributed by atoms with Gasteiger partial charge < -0.3 is 10.1 Å². The van der Waals surface area contributed by atoms with E-state index < -0.39 is 18.5 Å². The second-order valence-electron chi connectivity index (χ2n) is 10.6. The van der Waals surface area contributed by atoms with Gasteiger partial charge in [-0.2, -0.15) is 0 Å². The van der Waals surface area contributed by atoms with Gasteiger partial charge in [0.25, 0.3) is 5.91 Å². The Morgan fingerprint density at radius 3 is 1.82 bits per heavy atom. The number of hydrogen-bond acceptors (Lipinski definition) is 5. The fraction of sp³-hybridized carbons (Fsp3) is 0.312. The Kier molecular flexibility index (Phi) is 7.15. The molecule has 3 aromatic rings. The Balaban J connectivity index is 1.01. The molecule has 7 nitrogen and oxygen atoms in total. The van der Waals surface area contributed by atoms with E-state index in [1.807, 2.05) is 24.3 Å². The minimum atomic E-state index is -0.472. The SMILES string of the molecule is O=C(COC(=O)CCCCCN1C(=O)[C@@H]2C3c4ccccc4C(c4ccccc43)[C@H]2C1=O)Nc1ccccc1Cl. The predicted molar refractivity (Wildman–Crippen MR) is 150 cm³/mol. The number of hydrogen-bond donors (Lipinski definition) is 1. The number of halogens is 1. The number of likely N-dealkylation sites (tertiary alicyclic amines) is 1. The molecular weight excluding hydrogens is 528 g/mol. The molecule has 1 fully saturated rings. The highest BCUT2D eigenvalue weighted by molar-refractivity contribution is 6.33. The summed E-state index contributed by atoms with van der Waals surface area (Å²) in [7, 11) is 0. The van der Waals surface area contributed by atoms with Crippen LogP contribution in [-0.2, 0) is 23.9 Å². The van der Waals surface area contributed by atoms with Crippen molar-refractivity contribution < 1.29 is 23.9 Å². The van der Waals surface area contributed by atoms with Crippen LogP contribution in [0.5, 0.6) is 0 Å². The summed E-state index contributed by atoms with van der Waals surface area (Å²) < 4.78 is 5.07. The van der Waals surface area contributed by atoms with Gasteiger partial charge in [-0.1, -0.05) is 78.7 Å². The van der Waals surface area contributed by atoms with Crippen LogP contribution in [-0.4, -0.2) is 41.7 Å². The average Bonchev–Trinajstić information content (AvgIpc) is 3.22. The van der Waals surface area contributed by atoms with Crippen molar-refractivity contribution in [2.45, 2.75) is 37.5 Å². The maximum Gasteiger partial charge on any atom is 0.306 e. The number of nitrogens with zero attached hydrogens (tertiary/aromatic N) is 1. The van der Waals surface area contributed by atoms with Crippen LogP contribution in [0, 0.1) is 11.8 Å². The van der Waals surface area contributed by atoms with Crippen LogP contribution >= 0.6 is 11.6 Å². The smallest absolute Gasteiger partial charge is 0.306 e. The van der Waals surface area contributed by atoms with Crippen LogP contribution in [0.3, 0.4) is 0 Å². The Morgan fingerprint density at radius 1 is 0.750 bits per heavy atom. The van der Waals surface area contributed by atoms with E-state index in [1.54, 1.807) is 24.3 Å². The van der Waals surface area contributed by atoms with Crippen molar-refractivity contribution in [3.8, 4) is 0 Å². The monoisotopic (exact) mass is 556 g/mol. The topological polar surface area (TPSA) is 92.8 Å². The molecular formula is C32H29ClN2O5. The third-order valence-corrected chi connectivity index (χ3v) is 8.64. The van der Waals surface area contributed by atoms with Gasteiger partial charge in [-0.3, -0.25) is 24.1 Å². The number of esters is 1. The number of imide groups is 1. The van der Waals surface area contributed by atoms with E-state index in [0.29, 0.717) is 36.5 Å². The first kappa shape index (κ1) is 26.3. The van der Waals surface area contributed by atoms with Crippen LogP contribution in [0.4, 0.5) is 5.69 Å². The van der Waals surface area contributed by atoms with Crippen molar-refractivity contribution in [1.82, 2.24) is 4.90 Å². The summed E-state index contributed by atoms with van der Waals surface area (Å²) in [4.78, 5) is 52.8. The maximum atomic E-state index is 13.6. The van der Waals surface area contributed by atoms with E-state index >= 15 is 0 Å². The molecule has 204 valence electrons. The minimum Gasteiger partial charge on any atom is -0.456 e. The van der Waals surface area contributed by atoms with E-state index in [-0.39, 0.29) is 41.9 Å². The third kappa shape index (κ3) is 4.58. The summed E-state index contributed by atoms with van der Waals surface area (Å²) in [5, 5.41) is 3.01. The van der Waals surface area contributed by atoms with E-state index in [0.717, 1.165) is 22.3 Å². The van der Waals surface area contributed by atoms with Crippen LogP contribution in [0.1, 0.15) is 59.8 Å². The normalized spacial score (nSPS) is 22.0. The largest absolute Gasteiger partial charge is 0.456 e. The lowest BCUT2D eigenvalue weighted by molar-refractivity contribution is -0.147. The molecule has 4 aliphatic rings. The molecule has 0 saturated carbocycles.